The standard InChI is InChI=1S/C34H54O6/c1-20(2)21-12-17-34(29(38)39)19-18-32(6)22(28(21)34)8-9-24-31(5)15-14-25(40-27(37)11-10-26(35)36)30(3,4)23(31)13-16-33(24,32)7/h20-25,28H,8-19H2,1-7H3,(H,35,36)(H,38,39)/t21-,22+,23-,24+,25-,28+,31-,32+,33+,34-/m0/s1. The molecular weight excluding hydrogens is 504 g/mol. The molecule has 0 aromatic heterocycles. The van der Waals surface area contributed by atoms with Crippen LogP contribution in [0.4, 0.5) is 0 Å². The third kappa shape index (κ3) is 4.03. The van der Waals surface area contributed by atoms with Gasteiger partial charge in [0.25, 0.3) is 0 Å². The van der Waals surface area contributed by atoms with Crippen molar-refractivity contribution < 1.29 is 29.3 Å². The lowest BCUT2D eigenvalue weighted by Gasteiger charge is -2.72. The Morgan fingerprint density at radius 2 is 1.48 bits per heavy atom. The fraction of sp³-hybridized carbons (Fsp3) is 0.912. The van der Waals surface area contributed by atoms with Crippen LogP contribution in [0.15, 0.2) is 0 Å². The van der Waals surface area contributed by atoms with Crippen LogP contribution in [0.5, 0.6) is 0 Å². The van der Waals surface area contributed by atoms with E-state index in [4.69, 9.17) is 9.84 Å². The average molecular weight is 559 g/mol. The molecule has 5 aliphatic carbocycles. The molecule has 5 saturated carbocycles. The van der Waals surface area contributed by atoms with E-state index in [-0.39, 0.29) is 46.5 Å². The highest BCUT2D eigenvalue weighted by atomic mass is 16.5. The number of esters is 1. The molecule has 0 aromatic rings. The number of rotatable bonds is 6. The molecule has 0 aliphatic heterocycles. The van der Waals surface area contributed by atoms with Crippen LogP contribution in [-0.2, 0) is 19.1 Å². The highest BCUT2D eigenvalue weighted by Gasteiger charge is 2.72. The normalized spacial score (nSPS) is 47.4. The van der Waals surface area contributed by atoms with Gasteiger partial charge in [-0.2, -0.15) is 0 Å². The van der Waals surface area contributed by atoms with Gasteiger partial charge in [-0.3, -0.25) is 14.4 Å². The number of hydrogen-bond acceptors (Lipinski definition) is 4. The van der Waals surface area contributed by atoms with Gasteiger partial charge in [-0.1, -0.05) is 48.5 Å². The van der Waals surface area contributed by atoms with Crippen molar-refractivity contribution in [2.75, 3.05) is 0 Å². The first kappa shape index (κ1) is 29.9. The van der Waals surface area contributed by atoms with E-state index in [2.05, 4.69) is 48.5 Å². The van der Waals surface area contributed by atoms with E-state index >= 15 is 0 Å². The summed E-state index contributed by atoms with van der Waals surface area (Å²) in [6.45, 7) is 16.8. The minimum Gasteiger partial charge on any atom is -0.481 e. The molecule has 6 nitrogen and oxygen atoms in total. The predicted octanol–water partition coefficient (Wildman–Crippen LogP) is 7.59. The molecule has 0 unspecified atom stereocenters. The van der Waals surface area contributed by atoms with Crippen LogP contribution in [0.1, 0.15) is 126 Å². The smallest absolute Gasteiger partial charge is 0.309 e. The van der Waals surface area contributed by atoms with Crippen molar-refractivity contribution in [3.63, 3.8) is 0 Å². The van der Waals surface area contributed by atoms with Crippen molar-refractivity contribution >= 4 is 17.9 Å². The van der Waals surface area contributed by atoms with Gasteiger partial charge < -0.3 is 14.9 Å². The van der Waals surface area contributed by atoms with Gasteiger partial charge in [-0.15, -0.1) is 0 Å². The number of hydrogen-bond donors (Lipinski definition) is 2. The van der Waals surface area contributed by atoms with Crippen molar-refractivity contribution in [1.82, 2.24) is 0 Å². The SMILES string of the molecule is CC(C)[C@@H]1CC[C@]2(C(=O)O)CC[C@]3(C)[C@H](CC[C@@H]4[C@@]5(C)CC[C@H](OC(=O)CCC(=O)O)C(C)(C)[C@@H]5CC[C@]43C)[C@@H]12. The van der Waals surface area contributed by atoms with Crippen molar-refractivity contribution in [3.8, 4) is 0 Å². The van der Waals surface area contributed by atoms with Gasteiger partial charge in [0.2, 0.25) is 0 Å². The molecule has 0 saturated heterocycles. The monoisotopic (exact) mass is 558 g/mol. The zero-order valence-electron chi connectivity index (χ0n) is 26.1. The molecule has 5 fully saturated rings. The summed E-state index contributed by atoms with van der Waals surface area (Å²) in [7, 11) is 0. The number of aliphatic carboxylic acids is 2. The first-order valence-corrected chi connectivity index (χ1v) is 16.2. The van der Waals surface area contributed by atoms with Gasteiger partial charge in [0.1, 0.15) is 6.10 Å². The number of carboxylic acids is 2. The zero-order chi connectivity index (χ0) is 29.5. The van der Waals surface area contributed by atoms with Gasteiger partial charge in [0, 0.05) is 5.41 Å². The molecule has 0 spiro atoms. The Balaban J connectivity index is 1.43. The molecule has 2 N–H and O–H groups in total. The van der Waals surface area contributed by atoms with E-state index in [0.29, 0.717) is 29.6 Å². The van der Waals surface area contributed by atoms with Crippen molar-refractivity contribution in [1.29, 1.82) is 0 Å². The van der Waals surface area contributed by atoms with Crippen LogP contribution in [0.25, 0.3) is 0 Å². The number of carbonyl (C=O) groups is 3. The summed E-state index contributed by atoms with van der Waals surface area (Å²) in [6, 6.07) is 0. The molecule has 0 aromatic carbocycles. The van der Waals surface area contributed by atoms with Crippen molar-refractivity contribution in [3.05, 3.63) is 0 Å². The summed E-state index contributed by atoms with van der Waals surface area (Å²) in [4.78, 5) is 36.4. The third-order valence-electron chi connectivity index (χ3n) is 14.5. The molecule has 40 heavy (non-hydrogen) atoms. The Kier molecular flexibility index (Phi) is 7.27. The Morgan fingerprint density at radius 3 is 2.10 bits per heavy atom. The summed E-state index contributed by atoms with van der Waals surface area (Å²) >= 11 is 0. The molecule has 5 aliphatic rings. The number of carboxylic acid groups (broad SMARTS) is 2. The molecule has 226 valence electrons. The van der Waals surface area contributed by atoms with Crippen molar-refractivity contribution in [2.45, 2.75) is 132 Å². The maximum Gasteiger partial charge on any atom is 0.309 e. The van der Waals surface area contributed by atoms with Crippen LogP contribution < -0.4 is 0 Å². The Bertz CT molecular complexity index is 1050. The molecule has 0 heterocycles. The first-order chi connectivity index (χ1) is 18.5. The van der Waals surface area contributed by atoms with E-state index in [0.717, 1.165) is 57.8 Å². The fourth-order valence-electron chi connectivity index (χ4n) is 12.4. The molecule has 10 atom stereocenters. The highest BCUT2D eigenvalue weighted by Crippen LogP contribution is 2.77. The molecule has 0 radical (unpaired) electrons. The minimum atomic E-state index is -0.969. The van der Waals surface area contributed by atoms with Gasteiger partial charge >= 0.3 is 17.9 Å². The second-order valence-electron chi connectivity index (χ2n) is 16.3. The summed E-state index contributed by atoms with van der Waals surface area (Å²) in [5, 5.41) is 19.6. The quantitative estimate of drug-likeness (QED) is 0.326. The Labute approximate surface area is 241 Å². The number of carbonyl (C=O) groups excluding carboxylic acids is 1. The highest BCUT2D eigenvalue weighted by molar-refractivity contribution is 5.77. The number of ether oxygens (including phenoxy) is 1. The second-order valence-corrected chi connectivity index (χ2v) is 16.3. The van der Waals surface area contributed by atoms with E-state index in [1.807, 2.05) is 0 Å². The number of fused-ring (bicyclic) bond motifs is 7. The molecule has 6 heteroatoms. The van der Waals surface area contributed by atoms with E-state index in [1.165, 1.54) is 6.42 Å². The second kappa shape index (κ2) is 9.73. The lowest BCUT2D eigenvalue weighted by molar-refractivity contribution is -0.251. The van der Waals surface area contributed by atoms with Crippen LogP contribution in [0.2, 0.25) is 0 Å². The van der Waals surface area contributed by atoms with Gasteiger partial charge in [0.05, 0.1) is 18.3 Å². The maximum atomic E-state index is 12.9. The van der Waals surface area contributed by atoms with Crippen molar-refractivity contribution in [2.24, 2.45) is 62.6 Å². The summed E-state index contributed by atoms with van der Waals surface area (Å²) in [6.07, 6.45) is 9.72. The minimum absolute atomic E-state index is 0.0688. The molecule has 0 amide bonds. The predicted molar refractivity (Wildman–Crippen MR) is 153 cm³/mol. The molecular formula is C34H54O6. The van der Waals surface area contributed by atoms with Gasteiger partial charge in [-0.05, 0) is 116 Å². The topological polar surface area (TPSA) is 101 Å². The Hall–Kier alpha value is -1.59. The fourth-order valence-corrected chi connectivity index (χ4v) is 12.4. The molecule has 0 bridgehead atoms. The van der Waals surface area contributed by atoms with Crippen LogP contribution in [0.3, 0.4) is 0 Å². The average Bonchev–Trinajstić information content (AvgIpc) is 3.26. The summed E-state index contributed by atoms with van der Waals surface area (Å²) < 4.78 is 5.98. The van der Waals surface area contributed by atoms with E-state index < -0.39 is 23.3 Å². The van der Waals surface area contributed by atoms with Crippen LogP contribution >= 0.6 is 0 Å². The van der Waals surface area contributed by atoms with E-state index in [1.54, 1.807) is 0 Å². The lowest BCUT2D eigenvalue weighted by Crippen LogP contribution is -2.67. The molecule has 5 rings (SSSR count). The Morgan fingerprint density at radius 1 is 0.775 bits per heavy atom. The lowest BCUT2D eigenvalue weighted by atomic mass is 9.32. The maximum absolute atomic E-state index is 12.9. The zero-order valence-corrected chi connectivity index (χ0v) is 26.1. The summed E-state index contributed by atoms with van der Waals surface area (Å²) in [5.74, 6) is 0.864. The van der Waals surface area contributed by atoms with Crippen LogP contribution in [0, 0.1) is 62.6 Å². The van der Waals surface area contributed by atoms with E-state index in [9.17, 15) is 19.5 Å². The summed E-state index contributed by atoms with van der Waals surface area (Å²) in [5.41, 5.74) is -0.270. The van der Waals surface area contributed by atoms with Gasteiger partial charge in [-0.25, -0.2) is 0 Å². The first-order valence-electron chi connectivity index (χ1n) is 16.2. The van der Waals surface area contributed by atoms with Crippen LogP contribution in [-0.4, -0.2) is 34.2 Å². The largest absolute Gasteiger partial charge is 0.481 e. The van der Waals surface area contributed by atoms with Gasteiger partial charge in [0.15, 0.2) is 0 Å². The third-order valence-corrected chi connectivity index (χ3v) is 14.5.